The van der Waals surface area contributed by atoms with Crippen LogP contribution in [-0.4, -0.2) is 27.2 Å². The van der Waals surface area contributed by atoms with Gasteiger partial charge in [-0.3, -0.25) is 9.48 Å². The molecule has 0 atom stereocenters. The van der Waals surface area contributed by atoms with E-state index in [1.54, 1.807) is 17.4 Å². The van der Waals surface area contributed by atoms with E-state index in [0.29, 0.717) is 6.54 Å². The van der Waals surface area contributed by atoms with Crippen LogP contribution >= 0.6 is 11.3 Å². The summed E-state index contributed by atoms with van der Waals surface area (Å²) in [5.74, 6) is -0.0889. The number of thiazole rings is 1. The zero-order valence-corrected chi connectivity index (χ0v) is 13.4. The van der Waals surface area contributed by atoms with Crippen molar-refractivity contribution < 1.29 is 4.79 Å². The molecule has 2 aromatic heterocycles. The van der Waals surface area contributed by atoms with Crippen LogP contribution in [0.15, 0.2) is 17.5 Å². The number of hydrogen-bond donors (Lipinski definition) is 1. The van der Waals surface area contributed by atoms with Crippen LogP contribution in [-0.2, 0) is 11.3 Å². The molecular formula is C15H20N4OS. The molecule has 0 bridgehead atoms. The molecule has 0 saturated heterocycles. The normalized spacial score (nSPS) is 11.2. The second-order valence-electron chi connectivity index (χ2n) is 4.92. The minimum atomic E-state index is -0.0889. The molecule has 0 spiro atoms. The van der Waals surface area contributed by atoms with Gasteiger partial charge in [-0.15, -0.1) is 11.3 Å². The molecule has 6 heteroatoms. The maximum atomic E-state index is 11.7. The average molecular weight is 304 g/mol. The Labute approximate surface area is 128 Å². The quantitative estimate of drug-likeness (QED) is 0.659. The first-order chi connectivity index (χ1) is 10.0. The molecule has 0 saturated carbocycles. The number of hydrogen-bond acceptors (Lipinski definition) is 4. The van der Waals surface area contributed by atoms with Gasteiger partial charge in [0.05, 0.1) is 16.4 Å². The SMILES string of the molecule is Cc1cc(C)n(CCCNC(=O)C=Cc2csc(C)n2)n1. The fourth-order valence-electron chi connectivity index (χ4n) is 2.02. The van der Waals surface area contributed by atoms with E-state index in [1.165, 1.54) is 6.08 Å². The van der Waals surface area contributed by atoms with Crippen molar-refractivity contribution in [1.82, 2.24) is 20.1 Å². The predicted octanol–water partition coefficient (Wildman–Crippen LogP) is 2.48. The molecule has 0 radical (unpaired) electrons. The summed E-state index contributed by atoms with van der Waals surface area (Å²) in [6.45, 7) is 7.42. The first-order valence-corrected chi connectivity index (χ1v) is 7.81. The fourth-order valence-corrected chi connectivity index (χ4v) is 2.60. The summed E-state index contributed by atoms with van der Waals surface area (Å²) < 4.78 is 1.97. The topological polar surface area (TPSA) is 59.8 Å². The summed E-state index contributed by atoms with van der Waals surface area (Å²) in [5.41, 5.74) is 3.01. The summed E-state index contributed by atoms with van der Waals surface area (Å²) in [5, 5.41) is 10.2. The predicted molar refractivity (Wildman–Crippen MR) is 85.2 cm³/mol. The number of nitrogens with one attached hydrogen (secondary N) is 1. The summed E-state index contributed by atoms with van der Waals surface area (Å²) in [7, 11) is 0. The van der Waals surface area contributed by atoms with Crippen molar-refractivity contribution in [1.29, 1.82) is 0 Å². The standard InChI is InChI=1S/C15H20N4OS/c1-11-9-12(2)19(18-11)8-4-7-16-15(20)6-5-14-10-21-13(3)17-14/h5-6,9-10H,4,7-8H2,1-3H3,(H,16,20). The minimum absolute atomic E-state index is 0.0889. The molecule has 0 unspecified atom stereocenters. The van der Waals surface area contributed by atoms with Crippen molar-refractivity contribution in [2.24, 2.45) is 0 Å². The van der Waals surface area contributed by atoms with Gasteiger partial charge in [-0.05, 0) is 39.3 Å². The first kappa shape index (κ1) is 15.4. The number of amides is 1. The lowest BCUT2D eigenvalue weighted by atomic mass is 10.3. The lowest BCUT2D eigenvalue weighted by Gasteiger charge is -2.04. The Morgan fingerprint density at radius 2 is 2.24 bits per heavy atom. The van der Waals surface area contributed by atoms with Gasteiger partial charge in [0.2, 0.25) is 5.91 Å². The van der Waals surface area contributed by atoms with E-state index in [1.807, 2.05) is 30.8 Å². The monoisotopic (exact) mass is 304 g/mol. The Balaban J connectivity index is 1.70. The van der Waals surface area contributed by atoms with E-state index in [9.17, 15) is 4.79 Å². The number of aromatic nitrogens is 3. The zero-order chi connectivity index (χ0) is 15.2. The summed E-state index contributed by atoms with van der Waals surface area (Å²) >= 11 is 1.57. The highest BCUT2D eigenvalue weighted by atomic mass is 32.1. The van der Waals surface area contributed by atoms with Crippen molar-refractivity contribution in [2.75, 3.05) is 6.54 Å². The number of nitrogens with zero attached hydrogens (tertiary/aromatic N) is 3. The van der Waals surface area contributed by atoms with Gasteiger partial charge in [-0.2, -0.15) is 5.10 Å². The van der Waals surface area contributed by atoms with Crippen LogP contribution in [0.4, 0.5) is 0 Å². The molecule has 2 rings (SSSR count). The van der Waals surface area contributed by atoms with Gasteiger partial charge in [-0.1, -0.05) is 0 Å². The molecule has 0 aliphatic rings. The van der Waals surface area contributed by atoms with Crippen LogP contribution in [0.25, 0.3) is 6.08 Å². The first-order valence-electron chi connectivity index (χ1n) is 6.93. The fraction of sp³-hybridized carbons (Fsp3) is 0.400. The molecular weight excluding hydrogens is 284 g/mol. The average Bonchev–Trinajstić information content (AvgIpc) is 2.98. The van der Waals surface area contributed by atoms with Gasteiger partial charge >= 0.3 is 0 Å². The van der Waals surface area contributed by atoms with Crippen LogP contribution in [0, 0.1) is 20.8 Å². The molecule has 1 amide bonds. The molecule has 1 N–H and O–H groups in total. The van der Waals surface area contributed by atoms with Crippen molar-refractivity contribution in [3.05, 3.63) is 39.6 Å². The molecule has 5 nitrogen and oxygen atoms in total. The highest BCUT2D eigenvalue weighted by Crippen LogP contribution is 2.08. The smallest absolute Gasteiger partial charge is 0.244 e. The summed E-state index contributed by atoms with van der Waals surface area (Å²) in [6.07, 6.45) is 4.12. The van der Waals surface area contributed by atoms with Gasteiger partial charge in [0, 0.05) is 30.2 Å². The molecule has 112 valence electrons. The lowest BCUT2D eigenvalue weighted by molar-refractivity contribution is -0.116. The molecule has 2 heterocycles. The summed E-state index contributed by atoms with van der Waals surface area (Å²) in [6, 6.07) is 2.05. The van der Waals surface area contributed by atoms with Crippen molar-refractivity contribution in [2.45, 2.75) is 33.7 Å². The van der Waals surface area contributed by atoms with Crippen molar-refractivity contribution >= 4 is 23.3 Å². The lowest BCUT2D eigenvalue weighted by Crippen LogP contribution is -2.23. The molecule has 0 fully saturated rings. The second kappa shape index (κ2) is 7.17. The van der Waals surface area contributed by atoms with E-state index < -0.39 is 0 Å². The number of aryl methyl sites for hydroxylation is 4. The molecule has 0 aliphatic carbocycles. The van der Waals surface area contributed by atoms with E-state index >= 15 is 0 Å². The maximum Gasteiger partial charge on any atom is 0.244 e. The van der Waals surface area contributed by atoms with Crippen molar-refractivity contribution in [3.63, 3.8) is 0 Å². The van der Waals surface area contributed by atoms with Crippen molar-refractivity contribution in [3.8, 4) is 0 Å². The van der Waals surface area contributed by atoms with Gasteiger partial charge in [0.25, 0.3) is 0 Å². The van der Waals surface area contributed by atoms with E-state index in [-0.39, 0.29) is 5.91 Å². The largest absolute Gasteiger partial charge is 0.352 e. The Hall–Kier alpha value is -1.95. The van der Waals surface area contributed by atoms with Crippen LogP contribution in [0.2, 0.25) is 0 Å². The Kier molecular flexibility index (Phi) is 5.27. The molecule has 0 aliphatic heterocycles. The zero-order valence-electron chi connectivity index (χ0n) is 12.6. The third-order valence-corrected chi connectivity index (χ3v) is 3.78. The van der Waals surface area contributed by atoms with Gasteiger partial charge in [0.1, 0.15) is 0 Å². The van der Waals surface area contributed by atoms with Crippen LogP contribution < -0.4 is 5.32 Å². The van der Waals surface area contributed by atoms with Crippen LogP contribution in [0.5, 0.6) is 0 Å². The van der Waals surface area contributed by atoms with E-state index in [4.69, 9.17) is 0 Å². The second-order valence-corrected chi connectivity index (χ2v) is 5.98. The van der Waals surface area contributed by atoms with Gasteiger partial charge < -0.3 is 5.32 Å². The minimum Gasteiger partial charge on any atom is -0.352 e. The third-order valence-electron chi connectivity index (χ3n) is 2.99. The Morgan fingerprint density at radius 1 is 1.43 bits per heavy atom. The summed E-state index contributed by atoms with van der Waals surface area (Å²) in [4.78, 5) is 15.9. The van der Waals surface area contributed by atoms with E-state index in [0.717, 1.165) is 35.1 Å². The Morgan fingerprint density at radius 3 is 2.86 bits per heavy atom. The third kappa shape index (κ3) is 4.82. The highest BCUT2D eigenvalue weighted by Gasteiger charge is 2.01. The number of carbonyl (C=O) groups is 1. The van der Waals surface area contributed by atoms with Gasteiger partial charge in [-0.25, -0.2) is 4.98 Å². The number of carbonyl (C=O) groups excluding carboxylic acids is 1. The molecule has 21 heavy (non-hydrogen) atoms. The number of rotatable bonds is 6. The van der Waals surface area contributed by atoms with E-state index in [2.05, 4.69) is 21.5 Å². The molecule has 0 aromatic carbocycles. The Bertz CT molecular complexity index is 642. The van der Waals surface area contributed by atoms with Crippen LogP contribution in [0.3, 0.4) is 0 Å². The van der Waals surface area contributed by atoms with Crippen LogP contribution in [0.1, 0.15) is 28.5 Å². The highest BCUT2D eigenvalue weighted by molar-refractivity contribution is 7.09. The maximum absolute atomic E-state index is 11.7. The van der Waals surface area contributed by atoms with Gasteiger partial charge in [0.15, 0.2) is 0 Å². The molecule has 2 aromatic rings.